The van der Waals surface area contributed by atoms with Crippen molar-refractivity contribution in [3.63, 3.8) is 0 Å². The summed E-state index contributed by atoms with van der Waals surface area (Å²) in [5, 5.41) is 3.47. The third-order valence-corrected chi connectivity index (χ3v) is 3.94. The zero-order valence-electron chi connectivity index (χ0n) is 10.0. The first-order valence-electron chi connectivity index (χ1n) is 5.75. The number of nitrogens with zero attached hydrogens (tertiary/aromatic N) is 1. The first-order chi connectivity index (χ1) is 8.66. The lowest BCUT2D eigenvalue weighted by Crippen LogP contribution is -2.19. The monoisotopic (exact) mass is 368 g/mol. The van der Waals surface area contributed by atoms with Gasteiger partial charge in [-0.3, -0.25) is 4.98 Å². The van der Waals surface area contributed by atoms with E-state index in [4.69, 9.17) is 0 Å². The van der Waals surface area contributed by atoms with Crippen LogP contribution in [0, 0.1) is 0 Å². The summed E-state index contributed by atoms with van der Waals surface area (Å²) in [7, 11) is 0. The second-order valence-corrected chi connectivity index (χ2v) is 5.86. The maximum absolute atomic E-state index is 4.35. The molecular formula is C14H14Br2N2. The number of benzene rings is 1. The Morgan fingerprint density at radius 2 is 1.94 bits per heavy atom. The Morgan fingerprint density at radius 3 is 2.61 bits per heavy atom. The van der Waals surface area contributed by atoms with Gasteiger partial charge in [0.1, 0.15) is 0 Å². The van der Waals surface area contributed by atoms with Gasteiger partial charge in [-0.1, -0.05) is 34.1 Å². The maximum Gasteiger partial charge on any atom is 0.0542 e. The van der Waals surface area contributed by atoms with E-state index in [1.807, 2.05) is 24.4 Å². The van der Waals surface area contributed by atoms with Crippen molar-refractivity contribution in [2.75, 3.05) is 0 Å². The first-order valence-corrected chi connectivity index (χ1v) is 7.33. The Morgan fingerprint density at radius 1 is 1.17 bits per heavy atom. The number of halogens is 2. The Kier molecular flexibility index (Phi) is 4.92. The molecule has 0 aliphatic carbocycles. The van der Waals surface area contributed by atoms with E-state index in [-0.39, 0.29) is 6.04 Å². The highest BCUT2D eigenvalue weighted by molar-refractivity contribution is 9.10. The SMILES string of the molecule is C[C@H](NCc1ccc(Br)cn1)c1ccccc1Br. The average Bonchev–Trinajstić information content (AvgIpc) is 2.38. The molecule has 18 heavy (non-hydrogen) atoms. The molecular weight excluding hydrogens is 356 g/mol. The summed E-state index contributed by atoms with van der Waals surface area (Å²) in [4.78, 5) is 4.35. The standard InChI is InChI=1S/C14H14Br2N2/c1-10(13-4-2-3-5-14(13)16)17-9-12-7-6-11(15)8-18-12/h2-8,10,17H,9H2,1H3/t10-/m0/s1. The van der Waals surface area contributed by atoms with Gasteiger partial charge in [0.05, 0.1) is 5.69 Å². The number of pyridine rings is 1. The van der Waals surface area contributed by atoms with Crippen molar-refractivity contribution < 1.29 is 0 Å². The minimum atomic E-state index is 0.283. The molecule has 0 aliphatic rings. The second-order valence-electron chi connectivity index (χ2n) is 4.09. The van der Waals surface area contributed by atoms with Crippen molar-refractivity contribution in [1.82, 2.24) is 10.3 Å². The molecule has 1 heterocycles. The summed E-state index contributed by atoms with van der Waals surface area (Å²) in [6.45, 7) is 2.91. The predicted molar refractivity (Wildman–Crippen MR) is 81.3 cm³/mol. The quantitative estimate of drug-likeness (QED) is 0.860. The van der Waals surface area contributed by atoms with E-state index >= 15 is 0 Å². The molecule has 1 aromatic carbocycles. The molecule has 1 atom stereocenters. The van der Waals surface area contributed by atoms with E-state index < -0.39 is 0 Å². The highest BCUT2D eigenvalue weighted by Gasteiger charge is 2.08. The zero-order chi connectivity index (χ0) is 13.0. The normalized spacial score (nSPS) is 12.4. The van der Waals surface area contributed by atoms with Gasteiger partial charge in [-0.2, -0.15) is 0 Å². The van der Waals surface area contributed by atoms with E-state index in [0.29, 0.717) is 0 Å². The summed E-state index contributed by atoms with van der Waals surface area (Å²) < 4.78 is 2.14. The molecule has 1 aromatic heterocycles. The van der Waals surface area contributed by atoms with Gasteiger partial charge in [-0.25, -0.2) is 0 Å². The highest BCUT2D eigenvalue weighted by Crippen LogP contribution is 2.22. The van der Waals surface area contributed by atoms with Crippen molar-refractivity contribution in [3.05, 3.63) is 62.8 Å². The molecule has 0 fully saturated rings. The number of hydrogen-bond donors (Lipinski definition) is 1. The molecule has 0 radical (unpaired) electrons. The van der Waals surface area contributed by atoms with E-state index in [1.165, 1.54) is 5.56 Å². The number of nitrogens with one attached hydrogen (secondary N) is 1. The van der Waals surface area contributed by atoms with Crippen molar-refractivity contribution in [3.8, 4) is 0 Å². The van der Waals surface area contributed by atoms with Crippen LogP contribution >= 0.6 is 31.9 Å². The molecule has 0 spiro atoms. The fourth-order valence-electron chi connectivity index (χ4n) is 1.70. The maximum atomic E-state index is 4.35. The van der Waals surface area contributed by atoms with Crippen LogP contribution in [0.25, 0.3) is 0 Å². The Bertz CT molecular complexity index is 511. The van der Waals surface area contributed by atoms with Crippen LogP contribution in [0.2, 0.25) is 0 Å². The fraction of sp³-hybridized carbons (Fsp3) is 0.214. The molecule has 2 rings (SSSR count). The minimum absolute atomic E-state index is 0.283. The molecule has 0 saturated carbocycles. The lowest BCUT2D eigenvalue weighted by molar-refractivity contribution is 0.566. The lowest BCUT2D eigenvalue weighted by Gasteiger charge is -2.15. The van der Waals surface area contributed by atoms with Crippen LogP contribution in [0.5, 0.6) is 0 Å². The third-order valence-electron chi connectivity index (χ3n) is 2.75. The van der Waals surface area contributed by atoms with Crippen LogP contribution < -0.4 is 5.32 Å². The lowest BCUT2D eigenvalue weighted by atomic mass is 10.1. The van der Waals surface area contributed by atoms with E-state index in [2.05, 4.69) is 67.3 Å². The summed E-state index contributed by atoms with van der Waals surface area (Å²) >= 11 is 6.95. The van der Waals surface area contributed by atoms with Crippen molar-refractivity contribution in [1.29, 1.82) is 0 Å². The van der Waals surface area contributed by atoms with Gasteiger partial charge < -0.3 is 5.32 Å². The van der Waals surface area contributed by atoms with Gasteiger partial charge in [-0.15, -0.1) is 0 Å². The molecule has 0 saturated heterocycles. The molecule has 1 N–H and O–H groups in total. The number of rotatable bonds is 4. The third kappa shape index (κ3) is 3.64. The molecule has 4 heteroatoms. The van der Waals surface area contributed by atoms with Gasteiger partial charge in [0.15, 0.2) is 0 Å². The van der Waals surface area contributed by atoms with Gasteiger partial charge in [-0.05, 0) is 46.6 Å². The van der Waals surface area contributed by atoms with Crippen molar-refractivity contribution >= 4 is 31.9 Å². The Balaban J connectivity index is 1.98. The molecule has 2 nitrogen and oxygen atoms in total. The smallest absolute Gasteiger partial charge is 0.0542 e. The van der Waals surface area contributed by atoms with Crippen LogP contribution in [-0.4, -0.2) is 4.98 Å². The summed E-state index contributed by atoms with van der Waals surface area (Å²) in [6.07, 6.45) is 1.82. The van der Waals surface area contributed by atoms with Gasteiger partial charge in [0.25, 0.3) is 0 Å². The molecule has 0 bridgehead atoms. The molecule has 2 aromatic rings. The largest absolute Gasteiger partial charge is 0.305 e. The van der Waals surface area contributed by atoms with Gasteiger partial charge in [0.2, 0.25) is 0 Å². The minimum Gasteiger partial charge on any atom is -0.305 e. The molecule has 0 aliphatic heterocycles. The average molecular weight is 370 g/mol. The summed E-state index contributed by atoms with van der Waals surface area (Å²) in [5.74, 6) is 0. The van der Waals surface area contributed by atoms with Crippen LogP contribution in [0.4, 0.5) is 0 Å². The summed E-state index contributed by atoms with van der Waals surface area (Å²) in [5.41, 5.74) is 2.30. The van der Waals surface area contributed by atoms with Crippen LogP contribution in [0.3, 0.4) is 0 Å². The predicted octanol–water partition coefficient (Wildman–Crippen LogP) is 4.46. The first kappa shape index (κ1) is 13.7. The van der Waals surface area contributed by atoms with Gasteiger partial charge in [0, 0.05) is 27.7 Å². The van der Waals surface area contributed by atoms with Gasteiger partial charge >= 0.3 is 0 Å². The number of hydrogen-bond acceptors (Lipinski definition) is 2. The van der Waals surface area contributed by atoms with Crippen LogP contribution in [0.15, 0.2) is 51.5 Å². The zero-order valence-corrected chi connectivity index (χ0v) is 13.2. The molecule has 94 valence electrons. The van der Waals surface area contributed by atoms with E-state index in [9.17, 15) is 0 Å². The van der Waals surface area contributed by atoms with Crippen LogP contribution in [-0.2, 0) is 6.54 Å². The Hall–Kier alpha value is -0.710. The highest BCUT2D eigenvalue weighted by atomic mass is 79.9. The van der Waals surface area contributed by atoms with Crippen molar-refractivity contribution in [2.45, 2.75) is 19.5 Å². The molecule has 0 unspecified atom stereocenters. The molecule has 0 amide bonds. The van der Waals surface area contributed by atoms with Crippen LogP contribution in [0.1, 0.15) is 24.2 Å². The Labute approximate surface area is 124 Å². The topological polar surface area (TPSA) is 24.9 Å². The second kappa shape index (κ2) is 6.45. The fourth-order valence-corrected chi connectivity index (χ4v) is 2.57. The van der Waals surface area contributed by atoms with E-state index in [0.717, 1.165) is 21.2 Å². The summed E-state index contributed by atoms with van der Waals surface area (Å²) in [6, 6.07) is 12.6. The number of aromatic nitrogens is 1. The van der Waals surface area contributed by atoms with Crippen molar-refractivity contribution in [2.24, 2.45) is 0 Å². The van der Waals surface area contributed by atoms with E-state index in [1.54, 1.807) is 0 Å².